The van der Waals surface area contributed by atoms with E-state index in [4.69, 9.17) is 5.84 Å². The third kappa shape index (κ3) is 4.18. The van der Waals surface area contributed by atoms with Crippen LogP contribution in [0, 0.1) is 0 Å². The topological polar surface area (TPSA) is 124 Å². The predicted octanol–water partition coefficient (Wildman–Crippen LogP) is 3.21. The second kappa shape index (κ2) is 7.73. The van der Waals surface area contributed by atoms with Gasteiger partial charge in [-0.3, -0.25) is 9.98 Å². The summed E-state index contributed by atoms with van der Waals surface area (Å²) < 4.78 is 21.1. The molecule has 0 saturated carbocycles. The van der Waals surface area contributed by atoms with Gasteiger partial charge in [-0.05, 0) is 44.0 Å². The molecule has 2 aromatic carbocycles. The van der Waals surface area contributed by atoms with Gasteiger partial charge in [0.05, 0.1) is 17.4 Å². The maximum absolute atomic E-state index is 12.3. The number of hydrogen-bond donors (Lipinski definition) is 2. The van der Waals surface area contributed by atoms with Crippen molar-refractivity contribution < 1.29 is 13.9 Å². The molecule has 8 heteroatoms. The van der Waals surface area contributed by atoms with Crippen LogP contribution in [0.2, 0.25) is 0 Å². The smallest absolute Gasteiger partial charge is 0.221 e. The van der Waals surface area contributed by atoms with Crippen LogP contribution < -0.4 is 10.9 Å². The van der Waals surface area contributed by atoms with Crippen molar-refractivity contribution >= 4 is 38.7 Å². The maximum Gasteiger partial charge on any atom is 0.221 e. The highest BCUT2D eigenvalue weighted by molar-refractivity contribution is 7.97. The highest BCUT2D eigenvalue weighted by atomic mass is 32.3. The van der Waals surface area contributed by atoms with Crippen molar-refractivity contribution in [3.63, 3.8) is 0 Å². The van der Waals surface area contributed by atoms with Crippen molar-refractivity contribution in [3.05, 3.63) is 65.7 Å². The first-order valence-corrected chi connectivity index (χ1v) is 10.8. The Bertz CT molecular complexity index is 1150. The van der Waals surface area contributed by atoms with Crippen LogP contribution in [0.5, 0.6) is 5.88 Å². The van der Waals surface area contributed by atoms with E-state index < -0.39 is 20.8 Å². The molecule has 0 bridgehead atoms. The molecule has 0 aliphatic carbocycles. The monoisotopic (exact) mass is 410 g/mol. The fraction of sp³-hybridized carbons (Fsp3) is 0.190. The quantitative estimate of drug-likeness (QED) is 0.289. The summed E-state index contributed by atoms with van der Waals surface area (Å²) in [5.74, 6) is 5.05. The van der Waals surface area contributed by atoms with Gasteiger partial charge >= 0.3 is 0 Å². The Labute approximate surface area is 170 Å². The highest BCUT2D eigenvalue weighted by Crippen LogP contribution is 2.33. The molecule has 1 atom stereocenters. The van der Waals surface area contributed by atoms with Crippen molar-refractivity contribution in [1.82, 2.24) is 4.98 Å². The molecular weight excluding hydrogens is 388 g/mol. The van der Waals surface area contributed by atoms with E-state index >= 15 is 0 Å². The Morgan fingerprint density at radius 3 is 2.48 bits per heavy atom. The number of para-hydroxylation sites is 1. The molecule has 0 amide bonds. The lowest BCUT2D eigenvalue weighted by molar-refractivity contribution is -0.274. The van der Waals surface area contributed by atoms with Gasteiger partial charge in [-0.1, -0.05) is 34.5 Å². The van der Waals surface area contributed by atoms with Crippen molar-refractivity contribution in [2.75, 3.05) is 6.26 Å². The average Bonchev–Trinajstić information content (AvgIpc) is 2.68. The molecule has 3 aromatic rings. The minimum absolute atomic E-state index is 0.213. The minimum atomic E-state index is -3.02. The van der Waals surface area contributed by atoms with Gasteiger partial charge in [-0.25, -0.2) is 0 Å². The minimum Gasteiger partial charge on any atom is -0.858 e. The zero-order chi connectivity index (χ0) is 21.2. The normalized spacial score (nSPS) is 15.0. The Balaban J connectivity index is 1.89. The number of nitrogens with zero attached hydrogens (tertiary/aromatic N) is 3. The van der Waals surface area contributed by atoms with Gasteiger partial charge in [0.25, 0.3) is 0 Å². The van der Waals surface area contributed by atoms with Gasteiger partial charge in [0.2, 0.25) is 10.2 Å². The lowest BCUT2D eigenvalue weighted by Crippen LogP contribution is -2.33. The largest absolute Gasteiger partial charge is 0.858 e. The van der Waals surface area contributed by atoms with Crippen LogP contribution in [0.4, 0.5) is 5.69 Å². The van der Waals surface area contributed by atoms with E-state index in [1.54, 1.807) is 50.2 Å². The number of benzene rings is 2. The van der Waals surface area contributed by atoms with Crippen LogP contribution in [0.3, 0.4) is 0 Å². The number of pyridine rings is 1. The van der Waals surface area contributed by atoms with E-state index in [2.05, 4.69) is 15.1 Å². The van der Waals surface area contributed by atoms with Gasteiger partial charge in [-0.2, -0.15) is 9.65 Å². The molecular formula is C21H22N4O3S. The van der Waals surface area contributed by atoms with E-state index in [0.29, 0.717) is 11.2 Å². The summed E-state index contributed by atoms with van der Waals surface area (Å²) in [6, 6.07) is 15.9. The lowest BCUT2D eigenvalue weighted by atomic mass is 10.0. The van der Waals surface area contributed by atoms with Gasteiger partial charge in [0, 0.05) is 16.5 Å². The summed E-state index contributed by atoms with van der Waals surface area (Å²) in [6.45, 7) is 3.44. The van der Waals surface area contributed by atoms with Gasteiger partial charge in [0.15, 0.2) is 4.75 Å². The standard InChI is InChI=1S/C21H22N4O3S/c1-21(2,29(3,27)28)15-8-10-16(11-9-15)23-13-19(25-22)17-12-14-6-4-5-7-18(14)24-20(17)26/h4-13H,1-3H3,(H3-,22,23,24,25,26,27,28). The number of fused-ring (bicyclic) bond motifs is 1. The van der Waals surface area contributed by atoms with E-state index in [1.807, 2.05) is 18.2 Å². The summed E-state index contributed by atoms with van der Waals surface area (Å²) in [6.07, 6.45) is 2.73. The first-order valence-electron chi connectivity index (χ1n) is 8.84. The number of nitrogens with two attached hydrogens (primary N) is 1. The molecule has 7 nitrogen and oxygen atoms in total. The molecule has 0 spiro atoms. The van der Waals surface area contributed by atoms with Crippen molar-refractivity contribution in [3.8, 4) is 5.88 Å². The number of hydrogen-bond acceptors (Lipinski definition) is 6. The molecule has 1 heterocycles. The molecule has 3 rings (SSSR count). The average molecular weight is 410 g/mol. The molecule has 0 saturated heterocycles. The third-order valence-corrected chi connectivity index (χ3v) is 7.08. The maximum atomic E-state index is 12.3. The summed E-state index contributed by atoms with van der Waals surface area (Å²) in [5.41, 5.74) is 2.39. The summed E-state index contributed by atoms with van der Waals surface area (Å²) in [4.78, 5) is 8.38. The molecule has 29 heavy (non-hydrogen) atoms. The molecule has 0 radical (unpaired) electrons. The Hall–Kier alpha value is -3.10. The second-order valence-corrected chi connectivity index (χ2v) is 9.79. The highest BCUT2D eigenvalue weighted by Gasteiger charge is 2.42. The zero-order valence-corrected chi connectivity index (χ0v) is 17.2. The van der Waals surface area contributed by atoms with Crippen LogP contribution >= 0.6 is 0 Å². The van der Waals surface area contributed by atoms with E-state index in [9.17, 15) is 13.9 Å². The summed E-state index contributed by atoms with van der Waals surface area (Å²) >= 11 is 0. The third-order valence-electron chi connectivity index (χ3n) is 4.95. The molecule has 1 unspecified atom stereocenters. The van der Waals surface area contributed by atoms with E-state index in [-0.39, 0.29) is 11.3 Å². The first kappa shape index (κ1) is 20.6. The van der Waals surface area contributed by atoms with Crippen molar-refractivity contribution in [1.29, 1.82) is 0 Å². The molecule has 0 aliphatic rings. The SMILES string of the molecule is CC(C)(c1ccc(N=CC(=NN)c2cc3ccccc3nc2[O-])cc1)[S+](C)(=O)O. The number of aliphatic imine (C=N–C) groups is 1. The van der Waals surface area contributed by atoms with Gasteiger partial charge < -0.3 is 10.9 Å². The Kier molecular flexibility index (Phi) is 5.50. The number of hydrazone groups is 1. The van der Waals surface area contributed by atoms with E-state index in [1.165, 1.54) is 12.5 Å². The predicted molar refractivity (Wildman–Crippen MR) is 116 cm³/mol. The number of aromatic nitrogens is 1. The van der Waals surface area contributed by atoms with Crippen LogP contribution in [-0.2, 0) is 19.2 Å². The lowest BCUT2D eigenvalue weighted by Gasteiger charge is -2.21. The summed E-state index contributed by atoms with van der Waals surface area (Å²) in [7, 11) is -3.02. The molecule has 0 fully saturated rings. The van der Waals surface area contributed by atoms with Crippen molar-refractivity contribution in [2.24, 2.45) is 15.9 Å². The first-order chi connectivity index (χ1) is 13.6. The number of rotatable bonds is 5. The Morgan fingerprint density at radius 2 is 1.86 bits per heavy atom. The Morgan fingerprint density at radius 1 is 1.21 bits per heavy atom. The van der Waals surface area contributed by atoms with Crippen LogP contribution in [0.1, 0.15) is 25.0 Å². The van der Waals surface area contributed by atoms with Gasteiger partial charge in [0.1, 0.15) is 12.0 Å². The second-order valence-electron chi connectivity index (χ2n) is 7.17. The summed E-state index contributed by atoms with van der Waals surface area (Å²) in [5, 5.41) is 16.8. The zero-order valence-electron chi connectivity index (χ0n) is 16.4. The van der Waals surface area contributed by atoms with Crippen LogP contribution in [0.15, 0.2) is 64.7 Å². The van der Waals surface area contributed by atoms with E-state index in [0.717, 1.165) is 10.9 Å². The fourth-order valence-corrected chi connectivity index (χ4v) is 3.33. The fourth-order valence-electron chi connectivity index (χ4n) is 2.76. The van der Waals surface area contributed by atoms with Crippen molar-refractivity contribution in [2.45, 2.75) is 18.6 Å². The molecule has 3 N–H and O–H groups in total. The molecule has 0 aliphatic heterocycles. The molecule has 1 aromatic heterocycles. The van der Waals surface area contributed by atoms with Crippen LogP contribution in [-0.4, -0.2) is 27.7 Å². The van der Waals surface area contributed by atoms with Crippen LogP contribution in [0.25, 0.3) is 10.9 Å². The van der Waals surface area contributed by atoms with Gasteiger partial charge in [-0.15, -0.1) is 0 Å². The molecule has 150 valence electrons.